The summed E-state index contributed by atoms with van der Waals surface area (Å²) in [4.78, 5) is 16.8. The summed E-state index contributed by atoms with van der Waals surface area (Å²) in [6.45, 7) is 0. The lowest BCUT2D eigenvalue weighted by Crippen LogP contribution is -2.43. The molecule has 2 atom stereocenters. The van der Waals surface area contributed by atoms with Crippen molar-refractivity contribution in [3.05, 3.63) is 59.7 Å². The molecule has 1 aliphatic carbocycles. The maximum Gasteiger partial charge on any atom is 0.254 e. The van der Waals surface area contributed by atoms with Gasteiger partial charge in [0.05, 0.1) is 15.8 Å². The summed E-state index contributed by atoms with van der Waals surface area (Å²) >= 11 is 1.38. The molecule has 1 aromatic heterocycles. The maximum absolute atomic E-state index is 13.8. The molecule has 1 amide bonds. The number of halogens is 2. The zero-order valence-corrected chi connectivity index (χ0v) is 14.7. The monoisotopic (exact) mass is 373 g/mol. The predicted octanol–water partition coefficient (Wildman–Crippen LogP) is 4.34. The van der Waals surface area contributed by atoms with Gasteiger partial charge in [0.2, 0.25) is 0 Å². The highest BCUT2D eigenvalue weighted by Crippen LogP contribution is 2.30. The minimum absolute atomic E-state index is 0.0103. The van der Waals surface area contributed by atoms with Gasteiger partial charge in [-0.3, -0.25) is 4.79 Å². The van der Waals surface area contributed by atoms with Gasteiger partial charge in [-0.05, 0) is 49.6 Å². The number of hydrogen-bond acceptors (Lipinski definition) is 4. The van der Waals surface area contributed by atoms with Crippen LogP contribution in [0.3, 0.4) is 0 Å². The van der Waals surface area contributed by atoms with Gasteiger partial charge in [0.15, 0.2) is 5.13 Å². The summed E-state index contributed by atoms with van der Waals surface area (Å²) in [6.07, 6.45) is 2.66. The summed E-state index contributed by atoms with van der Waals surface area (Å²) < 4.78 is 27.9. The first-order valence-electron chi connectivity index (χ1n) is 8.48. The van der Waals surface area contributed by atoms with Crippen LogP contribution in [0.15, 0.2) is 42.5 Å². The molecular weight excluding hydrogens is 356 g/mol. The van der Waals surface area contributed by atoms with Crippen molar-refractivity contribution in [1.82, 2.24) is 10.3 Å². The van der Waals surface area contributed by atoms with Crippen molar-refractivity contribution in [3.8, 4) is 0 Å². The molecule has 1 aliphatic rings. The first-order valence-corrected chi connectivity index (χ1v) is 9.30. The summed E-state index contributed by atoms with van der Waals surface area (Å²) in [5.74, 6) is -1.22. The molecule has 0 aliphatic heterocycles. The number of aromatic nitrogens is 1. The number of benzene rings is 2. The molecule has 0 unspecified atom stereocenters. The average molecular weight is 373 g/mol. The van der Waals surface area contributed by atoms with Crippen LogP contribution < -0.4 is 10.6 Å². The number of carbonyl (C=O) groups is 1. The largest absolute Gasteiger partial charge is 0.357 e. The second kappa shape index (κ2) is 6.99. The van der Waals surface area contributed by atoms with Crippen molar-refractivity contribution in [3.63, 3.8) is 0 Å². The highest BCUT2D eigenvalue weighted by atomic mass is 32.1. The van der Waals surface area contributed by atoms with Gasteiger partial charge in [-0.25, -0.2) is 13.8 Å². The number of hydrogen-bond donors (Lipinski definition) is 2. The standard InChI is InChI=1S/C19H17F2N3OS/c20-11-8-9-16-17(10-11)26-19(24-16)23-15-7-3-6-14(15)22-18(25)12-4-1-2-5-13(12)21/h1-2,4-5,8-10,14-15H,3,6-7H2,(H,22,25)(H,23,24)/t14-,15+/m1/s1. The zero-order chi connectivity index (χ0) is 18.1. The van der Waals surface area contributed by atoms with Crippen LogP contribution in [0.25, 0.3) is 10.2 Å². The fraction of sp³-hybridized carbons (Fsp3) is 0.263. The summed E-state index contributed by atoms with van der Waals surface area (Å²) in [5, 5.41) is 6.97. The lowest BCUT2D eigenvalue weighted by molar-refractivity contribution is 0.0932. The molecule has 4 nitrogen and oxygen atoms in total. The zero-order valence-electron chi connectivity index (χ0n) is 13.8. The molecular formula is C19H17F2N3OS. The van der Waals surface area contributed by atoms with E-state index in [1.807, 2.05) is 0 Å². The van der Waals surface area contributed by atoms with Gasteiger partial charge in [-0.15, -0.1) is 0 Å². The quantitative estimate of drug-likeness (QED) is 0.715. The minimum atomic E-state index is -0.527. The number of carbonyl (C=O) groups excluding carboxylic acids is 1. The van der Waals surface area contributed by atoms with Crippen molar-refractivity contribution in [2.75, 3.05) is 5.32 Å². The van der Waals surface area contributed by atoms with Crippen molar-refractivity contribution >= 4 is 32.6 Å². The van der Waals surface area contributed by atoms with Gasteiger partial charge >= 0.3 is 0 Å². The number of thiazole rings is 1. The van der Waals surface area contributed by atoms with E-state index < -0.39 is 11.7 Å². The van der Waals surface area contributed by atoms with Crippen molar-refractivity contribution in [1.29, 1.82) is 0 Å². The van der Waals surface area contributed by atoms with Crippen molar-refractivity contribution in [2.24, 2.45) is 0 Å². The van der Waals surface area contributed by atoms with Crippen LogP contribution in [0.4, 0.5) is 13.9 Å². The summed E-state index contributed by atoms with van der Waals surface area (Å²) in [5.41, 5.74) is 0.789. The predicted molar refractivity (Wildman–Crippen MR) is 98.5 cm³/mol. The molecule has 7 heteroatoms. The number of rotatable bonds is 4. The molecule has 0 saturated heterocycles. The Labute approximate surface area is 153 Å². The fourth-order valence-corrected chi connectivity index (χ4v) is 4.27. The van der Waals surface area contributed by atoms with E-state index in [-0.39, 0.29) is 23.5 Å². The van der Waals surface area contributed by atoms with Crippen LogP contribution in [0.5, 0.6) is 0 Å². The van der Waals surface area contributed by atoms with Crippen molar-refractivity contribution < 1.29 is 13.6 Å². The Morgan fingerprint density at radius 1 is 1.12 bits per heavy atom. The molecule has 4 rings (SSSR count). The van der Waals surface area contributed by atoms with E-state index in [0.717, 1.165) is 29.5 Å². The molecule has 26 heavy (non-hydrogen) atoms. The first kappa shape index (κ1) is 16.9. The Balaban J connectivity index is 1.47. The first-order chi connectivity index (χ1) is 12.6. The van der Waals surface area contributed by atoms with Crippen LogP contribution >= 0.6 is 11.3 Å². The molecule has 0 spiro atoms. The SMILES string of the molecule is O=C(N[C@@H]1CCC[C@@H]1Nc1nc2ccc(F)cc2s1)c1ccccc1F. The average Bonchev–Trinajstić information content (AvgIpc) is 3.21. The molecule has 134 valence electrons. The second-order valence-corrected chi connectivity index (χ2v) is 7.40. The molecule has 0 radical (unpaired) electrons. The molecule has 2 aromatic carbocycles. The van der Waals surface area contributed by atoms with Gasteiger partial charge in [0.1, 0.15) is 11.6 Å². The van der Waals surface area contributed by atoms with E-state index in [1.165, 1.54) is 35.6 Å². The number of anilines is 1. The van der Waals surface area contributed by atoms with Gasteiger partial charge in [-0.1, -0.05) is 23.5 Å². The van der Waals surface area contributed by atoms with E-state index in [1.54, 1.807) is 18.2 Å². The Morgan fingerprint density at radius 2 is 1.92 bits per heavy atom. The van der Waals surface area contributed by atoms with E-state index in [9.17, 15) is 13.6 Å². The Bertz CT molecular complexity index is 959. The van der Waals surface area contributed by atoms with Gasteiger partial charge in [-0.2, -0.15) is 0 Å². The van der Waals surface area contributed by atoms with Crippen LogP contribution in [-0.2, 0) is 0 Å². The number of nitrogens with zero attached hydrogens (tertiary/aromatic N) is 1. The molecule has 2 N–H and O–H groups in total. The van der Waals surface area contributed by atoms with E-state index >= 15 is 0 Å². The Hall–Kier alpha value is -2.54. The third kappa shape index (κ3) is 3.39. The van der Waals surface area contributed by atoms with Gasteiger partial charge in [0.25, 0.3) is 5.91 Å². The van der Waals surface area contributed by atoms with Crippen LogP contribution in [0.2, 0.25) is 0 Å². The minimum Gasteiger partial charge on any atom is -0.357 e. The van der Waals surface area contributed by atoms with E-state index in [0.29, 0.717) is 5.13 Å². The second-order valence-electron chi connectivity index (χ2n) is 6.37. The lowest BCUT2D eigenvalue weighted by Gasteiger charge is -2.22. The highest BCUT2D eigenvalue weighted by Gasteiger charge is 2.30. The Kier molecular flexibility index (Phi) is 4.55. The topological polar surface area (TPSA) is 54.0 Å². The van der Waals surface area contributed by atoms with Gasteiger partial charge < -0.3 is 10.6 Å². The highest BCUT2D eigenvalue weighted by molar-refractivity contribution is 7.22. The normalized spacial score (nSPS) is 19.6. The Morgan fingerprint density at radius 3 is 2.77 bits per heavy atom. The molecule has 1 fully saturated rings. The lowest BCUT2D eigenvalue weighted by atomic mass is 10.1. The summed E-state index contributed by atoms with van der Waals surface area (Å²) in [6, 6.07) is 10.4. The molecule has 0 bridgehead atoms. The number of amides is 1. The fourth-order valence-electron chi connectivity index (χ4n) is 3.32. The number of fused-ring (bicyclic) bond motifs is 1. The summed E-state index contributed by atoms with van der Waals surface area (Å²) in [7, 11) is 0. The van der Waals surface area contributed by atoms with Crippen LogP contribution in [-0.4, -0.2) is 23.0 Å². The number of nitrogens with one attached hydrogen (secondary N) is 2. The molecule has 1 saturated carbocycles. The van der Waals surface area contributed by atoms with Crippen LogP contribution in [0.1, 0.15) is 29.6 Å². The third-order valence-electron chi connectivity index (χ3n) is 4.61. The van der Waals surface area contributed by atoms with E-state index in [2.05, 4.69) is 15.6 Å². The molecule has 3 aromatic rings. The third-order valence-corrected chi connectivity index (χ3v) is 5.56. The van der Waals surface area contributed by atoms with Crippen LogP contribution in [0, 0.1) is 11.6 Å². The molecule has 1 heterocycles. The van der Waals surface area contributed by atoms with Crippen molar-refractivity contribution in [2.45, 2.75) is 31.3 Å². The maximum atomic E-state index is 13.8. The van der Waals surface area contributed by atoms with Gasteiger partial charge in [0, 0.05) is 12.1 Å². The smallest absolute Gasteiger partial charge is 0.254 e. The van der Waals surface area contributed by atoms with E-state index in [4.69, 9.17) is 0 Å².